The van der Waals surface area contributed by atoms with Gasteiger partial charge in [-0.25, -0.2) is 0 Å². The smallest absolute Gasteiger partial charge is 0.208 e. The lowest BCUT2D eigenvalue weighted by Gasteiger charge is -2.18. The van der Waals surface area contributed by atoms with Gasteiger partial charge in [-0.2, -0.15) is 0 Å². The van der Waals surface area contributed by atoms with Crippen molar-refractivity contribution in [2.45, 2.75) is 26.3 Å². The van der Waals surface area contributed by atoms with Crippen molar-refractivity contribution in [1.82, 2.24) is 5.32 Å². The van der Waals surface area contributed by atoms with E-state index in [2.05, 4.69) is 5.32 Å². The molecule has 0 rings (SSSR count). The van der Waals surface area contributed by atoms with Gasteiger partial charge >= 0.3 is 0 Å². The van der Waals surface area contributed by atoms with E-state index in [1.165, 1.54) is 0 Å². The summed E-state index contributed by atoms with van der Waals surface area (Å²) in [5.74, 6) is -0.407. The Labute approximate surface area is 60.8 Å². The number of Topliss-reactive ketones (excluding diaryl/α,β-unsaturated/α-hetero) is 1. The van der Waals surface area contributed by atoms with E-state index in [0.717, 1.165) is 0 Å². The largest absolute Gasteiger partial charge is 0.305 e. The van der Waals surface area contributed by atoms with Crippen LogP contribution in [0.3, 0.4) is 0 Å². The highest BCUT2D eigenvalue weighted by molar-refractivity contribution is 6.25. The average Bonchev–Trinajstić information content (AvgIpc) is 1.81. The molecule has 0 unspecified atom stereocenters. The highest BCUT2D eigenvalue weighted by atomic mass is 16.2. The maximum Gasteiger partial charge on any atom is 0.208 e. The first kappa shape index (κ1) is 9.30. The fourth-order valence-corrected chi connectivity index (χ4v) is 0.394. The van der Waals surface area contributed by atoms with Crippen LogP contribution >= 0.6 is 0 Å². The van der Waals surface area contributed by atoms with Gasteiger partial charge in [-0.3, -0.25) is 9.59 Å². The van der Waals surface area contributed by atoms with Crippen LogP contribution in [0, 0.1) is 0 Å². The maximum atomic E-state index is 10.4. The quantitative estimate of drug-likeness (QED) is 0.451. The molecule has 0 amide bonds. The normalized spacial score (nSPS) is 11.1. The Bertz CT molecular complexity index is 135. The van der Waals surface area contributed by atoms with Crippen LogP contribution in [0.5, 0.6) is 0 Å². The predicted molar refractivity (Wildman–Crippen MR) is 38.8 cm³/mol. The second kappa shape index (κ2) is 3.46. The molecule has 0 aromatic heterocycles. The number of ketones is 1. The summed E-state index contributed by atoms with van der Waals surface area (Å²) < 4.78 is 0. The van der Waals surface area contributed by atoms with Gasteiger partial charge in [0.1, 0.15) is 0 Å². The molecule has 0 radical (unpaired) electrons. The molecular weight excluding hydrogens is 130 g/mol. The number of aldehydes is 1. The Kier molecular flexibility index (Phi) is 3.22. The monoisotopic (exact) mass is 143 g/mol. The standard InChI is InChI=1S/C7H13NO2/c1-7(2,3)8-4-6(10)5-9/h5,8H,4H2,1-3H3. The summed E-state index contributed by atoms with van der Waals surface area (Å²) in [5, 5.41) is 2.89. The molecule has 0 aliphatic heterocycles. The first-order valence-electron chi connectivity index (χ1n) is 3.19. The third-order valence-electron chi connectivity index (χ3n) is 0.924. The topological polar surface area (TPSA) is 46.2 Å². The number of carbonyl (C=O) groups is 2. The van der Waals surface area contributed by atoms with Crippen LogP contribution in [0.15, 0.2) is 0 Å². The van der Waals surface area contributed by atoms with Crippen molar-refractivity contribution in [3.63, 3.8) is 0 Å². The number of carbonyl (C=O) groups excluding carboxylic acids is 2. The van der Waals surface area contributed by atoms with E-state index in [9.17, 15) is 9.59 Å². The van der Waals surface area contributed by atoms with E-state index in [-0.39, 0.29) is 12.1 Å². The maximum absolute atomic E-state index is 10.4. The molecule has 0 bridgehead atoms. The minimum atomic E-state index is -0.407. The van der Waals surface area contributed by atoms with Crippen molar-refractivity contribution in [1.29, 1.82) is 0 Å². The Morgan fingerprint density at radius 3 is 2.30 bits per heavy atom. The Morgan fingerprint density at radius 2 is 2.00 bits per heavy atom. The van der Waals surface area contributed by atoms with E-state index >= 15 is 0 Å². The molecule has 0 fully saturated rings. The molecule has 0 aromatic carbocycles. The molecule has 0 atom stereocenters. The first-order valence-corrected chi connectivity index (χ1v) is 3.19. The zero-order valence-corrected chi connectivity index (χ0v) is 6.60. The van der Waals surface area contributed by atoms with Crippen LogP contribution in [-0.4, -0.2) is 24.2 Å². The van der Waals surface area contributed by atoms with Gasteiger partial charge < -0.3 is 5.32 Å². The molecule has 3 nitrogen and oxygen atoms in total. The van der Waals surface area contributed by atoms with Gasteiger partial charge in [0.25, 0.3) is 0 Å². The summed E-state index contributed by atoms with van der Waals surface area (Å²) in [7, 11) is 0. The number of nitrogens with one attached hydrogen (secondary N) is 1. The Hall–Kier alpha value is -0.700. The molecule has 10 heavy (non-hydrogen) atoms. The lowest BCUT2D eigenvalue weighted by molar-refractivity contribution is -0.129. The summed E-state index contributed by atoms with van der Waals surface area (Å²) in [5.41, 5.74) is -0.0985. The summed E-state index contributed by atoms with van der Waals surface area (Å²) in [6, 6.07) is 0. The van der Waals surface area contributed by atoms with Crippen molar-refractivity contribution in [2.24, 2.45) is 0 Å². The van der Waals surface area contributed by atoms with Crippen molar-refractivity contribution in [2.75, 3.05) is 6.54 Å². The summed E-state index contributed by atoms with van der Waals surface area (Å²) in [6.45, 7) is 5.94. The third-order valence-corrected chi connectivity index (χ3v) is 0.924. The van der Waals surface area contributed by atoms with Crippen LogP contribution in [0.2, 0.25) is 0 Å². The lowest BCUT2D eigenvalue weighted by atomic mass is 10.1. The van der Waals surface area contributed by atoms with Gasteiger partial charge in [0, 0.05) is 5.54 Å². The van der Waals surface area contributed by atoms with E-state index in [4.69, 9.17) is 0 Å². The minimum absolute atomic E-state index is 0.0985. The fourth-order valence-electron chi connectivity index (χ4n) is 0.394. The van der Waals surface area contributed by atoms with E-state index < -0.39 is 5.78 Å². The zero-order chi connectivity index (χ0) is 8.20. The van der Waals surface area contributed by atoms with Crippen molar-refractivity contribution >= 4 is 12.1 Å². The molecule has 0 aromatic rings. The van der Waals surface area contributed by atoms with Gasteiger partial charge in [-0.05, 0) is 20.8 Å². The van der Waals surface area contributed by atoms with E-state index in [1.54, 1.807) is 0 Å². The summed E-state index contributed by atoms with van der Waals surface area (Å²) in [4.78, 5) is 20.3. The lowest BCUT2D eigenvalue weighted by Crippen LogP contribution is -2.39. The highest BCUT2D eigenvalue weighted by Gasteiger charge is 2.09. The van der Waals surface area contributed by atoms with Crippen molar-refractivity contribution in [3.8, 4) is 0 Å². The van der Waals surface area contributed by atoms with Crippen LogP contribution < -0.4 is 5.32 Å². The van der Waals surface area contributed by atoms with Crippen molar-refractivity contribution < 1.29 is 9.59 Å². The van der Waals surface area contributed by atoms with Crippen LogP contribution in [0.4, 0.5) is 0 Å². The van der Waals surface area contributed by atoms with Crippen LogP contribution in [0.1, 0.15) is 20.8 Å². The Balaban J connectivity index is 3.55. The van der Waals surface area contributed by atoms with Gasteiger partial charge in [-0.15, -0.1) is 0 Å². The molecular formula is C7H13NO2. The number of hydrogen-bond donors (Lipinski definition) is 1. The molecule has 58 valence electrons. The predicted octanol–water partition coefficient (Wildman–Crippen LogP) is 0.142. The summed E-state index contributed by atoms with van der Waals surface area (Å²) >= 11 is 0. The van der Waals surface area contributed by atoms with Crippen LogP contribution in [-0.2, 0) is 9.59 Å². The zero-order valence-electron chi connectivity index (χ0n) is 6.60. The second-order valence-electron chi connectivity index (χ2n) is 3.19. The van der Waals surface area contributed by atoms with E-state index in [0.29, 0.717) is 6.29 Å². The third kappa shape index (κ3) is 5.44. The molecule has 3 heteroatoms. The minimum Gasteiger partial charge on any atom is -0.305 e. The average molecular weight is 143 g/mol. The van der Waals surface area contributed by atoms with Crippen LogP contribution in [0.25, 0.3) is 0 Å². The molecule has 0 saturated heterocycles. The van der Waals surface area contributed by atoms with Gasteiger partial charge in [0.05, 0.1) is 6.54 Å². The molecule has 0 aliphatic rings. The number of rotatable bonds is 3. The SMILES string of the molecule is CC(C)(C)NCC(=O)C=O. The van der Waals surface area contributed by atoms with Gasteiger partial charge in [0.15, 0.2) is 6.29 Å². The van der Waals surface area contributed by atoms with Crippen molar-refractivity contribution in [3.05, 3.63) is 0 Å². The fraction of sp³-hybridized carbons (Fsp3) is 0.714. The summed E-state index contributed by atoms with van der Waals surface area (Å²) in [6.07, 6.45) is 0.332. The second-order valence-corrected chi connectivity index (χ2v) is 3.19. The van der Waals surface area contributed by atoms with Gasteiger partial charge in [-0.1, -0.05) is 0 Å². The molecule has 0 heterocycles. The van der Waals surface area contributed by atoms with Gasteiger partial charge in [0.2, 0.25) is 5.78 Å². The molecule has 0 saturated carbocycles. The first-order chi connectivity index (χ1) is 4.45. The highest BCUT2D eigenvalue weighted by Crippen LogP contribution is 1.96. The number of hydrogen-bond acceptors (Lipinski definition) is 3. The molecule has 0 spiro atoms. The van der Waals surface area contributed by atoms with E-state index in [1.807, 2.05) is 20.8 Å². The Morgan fingerprint density at radius 1 is 1.50 bits per heavy atom. The molecule has 0 aliphatic carbocycles. The molecule has 1 N–H and O–H groups in total.